The lowest BCUT2D eigenvalue weighted by molar-refractivity contribution is 0.0981. The van der Waals surface area contributed by atoms with Crippen LogP contribution in [0.2, 0.25) is 0 Å². The molecule has 1 heterocycles. The fourth-order valence-electron chi connectivity index (χ4n) is 3.21. The summed E-state index contributed by atoms with van der Waals surface area (Å²) in [6.45, 7) is 2.03. The Labute approximate surface area is 154 Å². The molecule has 0 saturated heterocycles. The lowest BCUT2D eigenvalue weighted by Gasteiger charge is -2.25. The number of fused-ring (bicyclic) bond motifs is 1. The molecule has 2 aromatic rings. The molecule has 0 aromatic heterocycles. The summed E-state index contributed by atoms with van der Waals surface area (Å²) in [6, 6.07) is 14.7. The van der Waals surface area contributed by atoms with E-state index in [0.717, 1.165) is 16.4 Å². The molecule has 7 heteroatoms. The van der Waals surface area contributed by atoms with Gasteiger partial charge in [-0.05, 0) is 49.2 Å². The Bertz CT molecular complexity index is 923. The van der Waals surface area contributed by atoms with Crippen LogP contribution in [0, 0.1) is 0 Å². The number of para-hydroxylation sites is 1. The zero-order chi connectivity index (χ0) is 19.1. The van der Waals surface area contributed by atoms with E-state index in [9.17, 15) is 13.2 Å². The number of nitrogens with zero attached hydrogens (tertiary/aromatic N) is 3. The molecule has 0 aliphatic carbocycles. The normalized spacial score (nSPS) is 16.7. The molecule has 0 fully saturated rings. The van der Waals surface area contributed by atoms with Gasteiger partial charge in [0.2, 0.25) is 0 Å². The third kappa shape index (κ3) is 3.08. The van der Waals surface area contributed by atoms with Gasteiger partial charge in [0, 0.05) is 38.4 Å². The van der Waals surface area contributed by atoms with Gasteiger partial charge in [0.25, 0.3) is 5.91 Å². The summed E-state index contributed by atoms with van der Waals surface area (Å²) in [5.74, 6) is -0.0767. The molecule has 0 unspecified atom stereocenters. The van der Waals surface area contributed by atoms with Crippen molar-refractivity contribution in [3.63, 3.8) is 0 Å². The molecule has 3 rings (SSSR count). The molecular formula is C19H23N3O3S. The van der Waals surface area contributed by atoms with Crippen LogP contribution in [0.3, 0.4) is 0 Å². The van der Waals surface area contributed by atoms with E-state index in [2.05, 4.69) is 0 Å². The predicted octanol–water partition coefficient (Wildman–Crippen LogP) is 2.52. The van der Waals surface area contributed by atoms with E-state index < -0.39 is 10.2 Å². The molecule has 2 aromatic carbocycles. The van der Waals surface area contributed by atoms with Gasteiger partial charge in [0.1, 0.15) is 0 Å². The van der Waals surface area contributed by atoms with Crippen molar-refractivity contribution in [3.05, 3.63) is 59.7 Å². The minimum absolute atomic E-state index is 0.0767. The van der Waals surface area contributed by atoms with Gasteiger partial charge in [-0.15, -0.1) is 0 Å². The van der Waals surface area contributed by atoms with Crippen LogP contribution in [0.4, 0.5) is 11.4 Å². The van der Waals surface area contributed by atoms with Crippen molar-refractivity contribution in [2.75, 3.05) is 30.3 Å². The van der Waals surface area contributed by atoms with E-state index in [1.807, 2.05) is 36.1 Å². The quantitative estimate of drug-likeness (QED) is 0.827. The van der Waals surface area contributed by atoms with Gasteiger partial charge in [0.15, 0.2) is 0 Å². The van der Waals surface area contributed by atoms with Crippen LogP contribution >= 0.6 is 0 Å². The predicted molar refractivity (Wildman–Crippen MR) is 104 cm³/mol. The van der Waals surface area contributed by atoms with Crippen LogP contribution < -0.4 is 9.21 Å². The summed E-state index contributed by atoms with van der Waals surface area (Å²) in [5.41, 5.74) is 3.15. The largest absolute Gasteiger partial charge is 0.305 e. The second kappa shape index (κ2) is 6.74. The van der Waals surface area contributed by atoms with Crippen molar-refractivity contribution in [2.24, 2.45) is 0 Å². The van der Waals surface area contributed by atoms with Crippen LogP contribution in [-0.4, -0.2) is 45.8 Å². The highest BCUT2D eigenvalue weighted by molar-refractivity contribution is 7.90. The molecule has 0 spiro atoms. The van der Waals surface area contributed by atoms with Gasteiger partial charge in [-0.25, -0.2) is 0 Å². The molecule has 26 heavy (non-hydrogen) atoms. The second-order valence-electron chi connectivity index (χ2n) is 6.66. The van der Waals surface area contributed by atoms with Gasteiger partial charge in [0.05, 0.1) is 5.69 Å². The highest BCUT2D eigenvalue weighted by Crippen LogP contribution is 2.33. The van der Waals surface area contributed by atoms with Gasteiger partial charge < -0.3 is 4.90 Å². The van der Waals surface area contributed by atoms with E-state index in [-0.39, 0.29) is 11.9 Å². The van der Waals surface area contributed by atoms with Gasteiger partial charge in [-0.1, -0.05) is 18.2 Å². The van der Waals surface area contributed by atoms with Gasteiger partial charge >= 0.3 is 10.2 Å². The van der Waals surface area contributed by atoms with Crippen molar-refractivity contribution in [3.8, 4) is 0 Å². The summed E-state index contributed by atoms with van der Waals surface area (Å²) in [6.07, 6.45) is 0.837. The van der Waals surface area contributed by atoms with Gasteiger partial charge in [-0.2, -0.15) is 12.7 Å². The molecule has 0 radical (unpaired) electrons. The number of rotatable bonds is 4. The Morgan fingerprint density at radius 1 is 1.04 bits per heavy atom. The monoisotopic (exact) mass is 373 g/mol. The van der Waals surface area contributed by atoms with E-state index in [1.165, 1.54) is 31.0 Å². The van der Waals surface area contributed by atoms with Crippen molar-refractivity contribution >= 4 is 27.5 Å². The maximum Gasteiger partial charge on any atom is 0.303 e. The number of benzene rings is 2. The molecule has 1 aliphatic heterocycles. The summed E-state index contributed by atoms with van der Waals surface area (Å²) in [7, 11) is 0.899. The number of hydrogen-bond acceptors (Lipinski definition) is 3. The summed E-state index contributed by atoms with van der Waals surface area (Å²) in [5, 5.41) is 0. The zero-order valence-corrected chi connectivity index (χ0v) is 16.2. The van der Waals surface area contributed by atoms with Crippen LogP contribution in [0.5, 0.6) is 0 Å². The smallest absolute Gasteiger partial charge is 0.303 e. The standard InChI is InChI=1S/C19H23N3O3S/c1-14-13-16-7-5-6-8-18(16)22(14)19(23)15-9-11-17(12-10-15)21(4)26(24,25)20(2)3/h5-12,14H,13H2,1-4H3/t14-/m1/s1. The van der Waals surface area contributed by atoms with Crippen LogP contribution in [0.25, 0.3) is 0 Å². The third-order valence-corrected chi connectivity index (χ3v) is 6.54. The van der Waals surface area contributed by atoms with Crippen molar-refractivity contribution in [1.29, 1.82) is 0 Å². The molecule has 0 N–H and O–H groups in total. The Morgan fingerprint density at radius 3 is 2.27 bits per heavy atom. The molecule has 1 amide bonds. The average Bonchev–Trinajstić information content (AvgIpc) is 2.96. The van der Waals surface area contributed by atoms with Gasteiger partial charge in [-0.3, -0.25) is 9.10 Å². The van der Waals surface area contributed by atoms with Crippen LogP contribution in [-0.2, 0) is 16.6 Å². The highest BCUT2D eigenvalue weighted by Gasteiger charge is 2.31. The second-order valence-corrected chi connectivity index (χ2v) is 8.84. The third-order valence-electron chi connectivity index (χ3n) is 4.71. The summed E-state index contributed by atoms with van der Waals surface area (Å²) in [4.78, 5) is 14.8. The Balaban J connectivity index is 1.87. The molecule has 0 bridgehead atoms. The highest BCUT2D eigenvalue weighted by atomic mass is 32.2. The van der Waals surface area contributed by atoms with Crippen molar-refractivity contribution in [2.45, 2.75) is 19.4 Å². The van der Waals surface area contributed by atoms with E-state index in [1.54, 1.807) is 24.3 Å². The number of hydrogen-bond donors (Lipinski definition) is 0. The fraction of sp³-hybridized carbons (Fsp3) is 0.316. The molecule has 138 valence electrons. The Hall–Kier alpha value is -2.38. The minimum atomic E-state index is -3.56. The van der Waals surface area contributed by atoms with E-state index in [4.69, 9.17) is 0 Å². The van der Waals surface area contributed by atoms with Crippen molar-refractivity contribution in [1.82, 2.24) is 4.31 Å². The minimum Gasteiger partial charge on any atom is -0.305 e. The first-order valence-corrected chi connectivity index (χ1v) is 9.81. The molecule has 1 atom stereocenters. The fourth-order valence-corrected chi connectivity index (χ4v) is 4.08. The van der Waals surface area contributed by atoms with E-state index in [0.29, 0.717) is 11.3 Å². The first-order valence-electron chi connectivity index (χ1n) is 8.41. The lowest BCUT2D eigenvalue weighted by atomic mass is 10.1. The first kappa shape index (κ1) is 18.4. The average molecular weight is 373 g/mol. The number of carbonyl (C=O) groups is 1. The zero-order valence-electron chi connectivity index (χ0n) is 15.4. The Kier molecular flexibility index (Phi) is 4.77. The molecule has 1 aliphatic rings. The number of amides is 1. The van der Waals surface area contributed by atoms with E-state index >= 15 is 0 Å². The lowest BCUT2D eigenvalue weighted by Crippen LogP contribution is -2.37. The van der Waals surface area contributed by atoms with Crippen LogP contribution in [0.1, 0.15) is 22.8 Å². The SMILES string of the molecule is C[C@@H]1Cc2ccccc2N1C(=O)c1ccc(N(C)S(=O)(=O)N(C)C)cc1. The number of anilines is 2. The Morgan fingerprint density at radius 2 is 1.65 bits per heavy atom. The molecule has 0 saturated carbocycles. The van der Waals surface area contributed by atoms with Crippen molar-refractivity contribution < 1.29 is 13.2 Å². The summed E-state index contributed by atoms with van der Waals surface area (Å²) < 4.78 is 26.8. The molecular weight excluding hydrogens is 350 g/mol. The van der Waals surface area contributed by atoms with Crippen LogP contribution in [0.15, 0.2) is 48.5 Å². The number of carbonyl (C=O) groups excluding carboxylic acids is 1. The summed E-state index contributed by atoms with van der Waals surface area (Å²) >= 11 is 0. The first-order chi connectivity index (χ1) is 12.2. The topological polar surface area (TPSA) is 60.9 Å². The maximum atomic E-state index is 13.0. The molecule has 6 nitrogen and oxygen atoms in total. The maximum absolute atomic E-state index is 13.0.